The molecule has 158 valence electrons. The molecule has 1 aromatic heterocycles. The highest BCUT2D eigenvalue weighted by Crippen LogP contribution is 2.33. The Hall–Kier alpha value is -2.80. The molecule has 2 atom stereocenters. The van der Waals surface area contributed by atoms with Gasteiger partial charge in [0, 0.05) is 49.3 Å². The van der Waals surface area contributed by atoms with Gasteiger partial charge >= 0.3 is 0 Å². The number of hydrogen-bond acceptors (Lipinski definition) is 4. The molecule has 0 spiro atoms. The van der Waals surface area contributed by atoms with E-state index in [-0.39, 0.29) is 23.5 Å². The first-order chi connectivity index (χ1) is 14.5. The molecule has 30 heavy (non-hydrogen) atoms. The topological polar surface area (TPSA) is 65.5 Å². The molecule has 0 saturated carbocycles. The van der Waals surface area contributed by atoms with Crippen LogP contribution in [-0.4, -0.2) is 59.3 Å². The molecule has 2 amide bonds. The van der Waals surface area contributed by atoms with E-state index in [4.69, 9.17) is 0 Å². The number of nitrogens with one attached hydrogen (secondary N) is 1. The number of halogens is 1. The number of carbonyl (C=O) groups excluding carboxylic acids is 2. The quantitative estimate of drug-likeness (QED) is 0.842. The second kappa shape index (κ2) is 8.92. The number of likely N-dealkylation sites (tertiary alicyclic amines) is 2. The van der Waals surface area contributed by atoms with Crippen molar-refractivity contribution in [3.05, 3.63) is 60.2 Å². The van der Waals surface area contributed by atoms with Crippen molar-refractivity contribution in [2.24, 2.45) is 11.8 Å². The second-order valence-corrected chi connectivity index (χ2v) is 8.30. The van der Waals surface area contributed by atoms with Gasteiger partial charge in [-0.15, -0.1) is 0 Å². The minimum absolute atomic E-state index is 0.0553. The summed E-state index contributed by atoms with van der Waals surface area (Å²) in [7, 11) is 2.06. The molecular formula is C23H27FN4O2. The van der Waals surface area contributed by atoms with Gasteiger partial charge in [0.05, 0.1) is 5.92 Å². The first-order valence-electron chi connectivity index (χ1n) is 10.5. The van der Waals surface area contributed by atoms with Gasteiger partial charge in [-0.25, -0.2) is 4.39 Å². The molecule has 1 N–H and O–H groups in total. The minimum Gasteiger partial charge on any atom is -0.339 e. The van der Waals surface area contributed by atoms with E-state index in [1.165, 1.54) is 12.1 Å². The number of nitrogens with zero attached hydrogens (tertiary/aromatic N) is 3. The summed E-state index contributed by atoms with van der Waals surface area (Å²) in [4.78, 5) is 33.5. The van der Waals surface area contributed by atoms with Crippen molar-refractivity contribution in [1.82, 2.24) is 14.8 Å². The highest BCUT2D eigenvalue weighted by atomic mass is 19.1. The summed E-state index contributed by atoms with van der Waals surface area (Å²) in [6.45, 7) is 2.16. The van der Waals surface area contributed by atoms with Crippen LogP contribution in [0.5, 0.6) is 0 Å². The average molecular weight is 410 g/mol. The SMILES string of the molecule is CN1C[C@@H](C(=O)Nc2cccc(F)c2)C[C@@H]1C1CCN(C(=O)c2ccncc2)CC1. The van der Waals surface area contributed by atoms with Gasteiger partial charge in [-0.1, -0.05) is 6.07 Å². The molecule has 0 bridgehead atoms. The molecule has 1 aromatic carbocycles. The third-order valence-corrected chi connectivity index (χ3v) is 6.36. The number of carbonyl (C=O) groups is 2. The van der Waals surface area contributed by atoms with Crippen LogP contribution in [0.15, 0.2) is 48.8 Å². The van der Waals surface area contributed by atoms with Crippen LogP contribution in [0.3, 0.4) is 0 Å². The monoisotopic (exact) mass is 410 g/mol. The summed E-state index contributed by atoms with van der Waals surface area (Å²) in [5.41, 5.74) is 1.17. The van der Waals surface area contributed by atoms with Crippen LogP contribution in [-0.2, 0) is 4.79 Å². The maximum Gasteiger partial charge on any atom is 0.253 e. The second-order valence-electron chi connectivity index (χ2n) is 8.30. The summed E-state index contributed by atoms with van der Waals surface area (Å²) in [5.74, 6) is -0.00581. The van der Waals surface area contributed by atoms with Gasteiger partial charge in [0.25, 0.3) is 5.91 Å². The number of hydrogen-bond donors (Lipinski definition) is 1. The Morgan fingerprint density at radius 2 is 1.87 bits per heavy atom. The zero-order chi connectivity index (χ0) is 21.1. The fraction of sp³-hybridized carbons (Fsp3) is 0.435. The lowest BCUT2D eigenvalue weighted by atomic mass is 9.86. The number of anilines is 1. The largest absolute Gasteiger partial charge is 0.339 e. The maximum absolute atomic E-state index is 13.4. The molecule has 0 aliphatic carbocycles. The summed E-state index contributed by atoms with van der Waals surface area (Å²) < 4.78 is 13.4. The molecule has 3 heterocycles. The fourth-order valence-electron chi connectivity index (χ4n) is 4.75. The van der Waals surface area contributed by atoms with E-state index in [9.17, 15) is 14.0 Å². The third-order valence-electron chi connectivity index (χ3n) is 6.36. The number of benzene rings is 1. The number of amides is 2. The van der Waals surface area contributed by atoms with Gasteiger partial charge in [0.15, 0.2) is 0 Å². The molecule has 0 unspecified atom stereocenters. The van der Waals surface area contributed by atoms with Crippen LogP contribution in [0.2, 0.25) is 0 Å². The standard InChI is InChI=1S/C23H27FN4O2/c1-27-15-18(22(29)26-20-4-2-3-19(24)14-20)13-21(27)16-7-11-28(12-8-16)23(30)17-5-9-25-10-6-17/h2-6,9-10,14,16,18,21H,7-8,11-13,15H2,1H3,(H,26,29)/t18-,21+/m0/s1. The lowest BCUT2D eigenvalue weighted by molar-refractivity contribution is -0.119. The predicted octanol–water partition coefficient (Wildman–Crippen LogP) is 3.03. The normalized spacial score (nSPS) is 22.8. The van der Waals surface area contributed by atoms with Crippen LogP contribution < -0.4 is 5.32 Å². The van der Waals surface area contributed by atoms with E-state index in [2.05, 4.69) is 22.2 Å². The van der Waals surface area contributed by atoms with Crippen molar-refractivity contribution in [2.75, 3.05) is 32.0 Å². The van der Waals surface area contributed by atoms with E-state index < -0.39 is 0 Å². The average Bonchev–Trinajstić information content (AvgIpc) is 3.16. The summed E-state index contributed by atoms with van der Waals surface area (Å²) in [6, 6.07) is 9.82. The van der Waals surface area contributed by atoms with Crippen LogP contribution >= 0.6 is 0 Å². The van der Waals surface area contributed by atoms with E-state index >= 15 is 0 Å². The van der Waals surface area contributed by atoms with Crippen molar-refractivity contribution in [1.29, 1.82) is 0 Å². The van der Waals surface area contributed by atoms with Crippen molar-refractivity contribution in [3.8, 4) is 0 Å². The number of rotatable bonds is 4. The van der Waals surface area contributed by atoms with Gasteiger partial charge in [-0.3, -0.25) is 14.6 Å². The van der Waals surface area contributed by atoms with Gasteiger partial charge in [0.2, 0.25) is 5.91 Å². The van der Waals surface area contributed by atoms with Crippen molar-refractivity contribution < 1.29 is 14.0 Å². The lowest BCUT2D eigenvalue weighted by Gasteiger charge is -2.37. The lowest BCUT2D eigenvalue weighted by Crippen LogP contribution is -2.43. The summed E-state index contributed by atoms with van der Waals surface area (Å²) >= 11 is 0. The Balaban J connectivity index is 1.31. The number of pyridine rings is 1. The van der Waals surface area contributed by atoms with Crippen molar-refractivity contribution in [3.63, 3.8) is 0 Å². The van der Waals surface area contributed by atoms with Crippen LogP contribution in [0.25, 0.3) is 0 Å². The maximum atomic E-state index is 13.4. The Bertz CT molecular complexity index is 899. The molecule has 4 rings (SSSR count). The van der Waals surface area contributed by atoms with Gasteiger partial charge < -0.3 is 15.1 Å². The first kappa shape index (κ1) is 20.5. The molecule has 2 aliphatic rings. The fourth-order valence-corrected chi connectivity index (χ4v) is 4.75. The smallest absolute Gasteiger partial charge is 0.253 e. The van der Waals surface area contributed by atoms with Gasteiger partial charge in [0.1, 0.15) is 5.82 Å². The van der Waals surface area contributed by atoms with E-state index in [1.54, 1.807) is 36.7 Å². The predicted molar refractivity (Wildman–Crippen MR) is 112 cm³/mol. The molecule has 2 aromatic rings. The first-order valence-corrected chi connectivity index (χ1v) is 10.5. The van der Waals surface area contributed by atoms with E-state index in [0.717, 1.165) is 32.4 Å². The van der Waals surface area contributed by atoms with Gasteiger partial charge in [-0.2, -0.15) is 0 Å². The zero-order valence-electron chi connectivity index (χ0n) is 17.1. The molecule has 6 nitrogen and oxygen atoms in total. The molecule has 2 aliphatic heterocycles. The number of aromatic nitrogens is 1. The minimum atomic E-state index is -0.359. The van der Waals surface area contributed by atoms with Crippen LogP contribution in [0.1, 0.15) is 29.6 Å². The molecule has 2 saturated heterocycles. The Kier molecular flexibility index (Phi) is 6.08. The molecular weight excluding hydrogens is 383 g/mol. The van der Waals surface area contributed by atoms with Crippen LogP contribution in [0, 0.1) is 17.7 Å². The Labute approximate surface area is 176 Å². The highest BCUT2D eigenvalue weighted by Gasteiger charge is 2.39. The third kappa shape index (κ3) is 4.51. The van der Waals surface area contributed by atoms with Crippen LogP contribution in [0.4, 0.5) is 10.1 Å². The zero-order valence-corrected chi connectivity index (χ0v) is 17.1. The highest BCUT2D eigenvalue weighted by molar-refractivity contribution is 5.94. The molecule has 0 radical (unpaired) electrons. The summed E-state index contributed by atoms with van der Waals surface area (Å²) in [5, 5.41) is 2.85. The van der Waals surface area contributed by atoms with Crippen molar-refractivity contribution in [2.45, 2.75) is 25.3 Å². The van der Waals surface area contributed by atoms with E-state index in [0.29, 0.717) is 29.8 Å². The summed E-state index contributed by atoms with van der Waals surface area (Å²) in [6.07, 6.45) is 5.94. The molecule has 7 heteroatoms. The van der Waals surface area contributed by atoms with E-state index in [1.807, 2.05) is 4.90 Å². The Morgan fingerprint density at radius 3 is 2.57 bits per heavy atom. The molecule has 2 fully saturated rings. The van der Waals surface area contributed by atoms with Gasteiger partial charge in [-0.05, 0) is 62.6 Å². The Morgan fingerprint density at radius 1 is 1.13 bits per heavy atom. The number of piperidine rings is 1. The van der Waals surface area contributed by atoms with Crippen molar-refractivity contribution >= 4 is 17.5 Å².